The van der Waals surface area contributed by atoms with Crippen LogP contribution < -0.4 is 15.5 Å². The van der Waals surface area contributed by atoms with E-state index in [4.69, 9.17) is 4.74 Å². The Balaban J connectivity index is 1.44. The third kappa shape index (κ3) is 6.13. The molecular weight excluding hydrogens is 382 g/mol. The molecule has 0 aromatic heterocycles. The molecule has 0 fully saturated rings. The number of carbonyl (C=O) groups is 3. The Bertz CT molecular complexity index is 1030. The Morgan fingerprint density at radius 1 is 0.800 bits per heavy atom. The normalized spacial score (nSPS) is 10.4. The Morgan fingerprint density at radius 2 is 1.40 bits per heavy atom. The van der Waals surface area contributed by atoms with Crippen molar-refractivity contribution in [3.05, 3.63) is 102 Å². The lowest BCUT2D eigenvalue weighted by atomic mass is 10.2. The van der Waals surface area contributed by atoms with Gasteiger partial charge in [0.2, 0.25) is 0 Å². The third-order valence-corrected chi connectivity index (χ3v) is 3.95. The van der Waals surface area contributed by atoms with Gasteiger partial charge < -0.3 is 10.1 Å². The molecule has 30 heavy (non-hydrogen) atoms. The van der Waals surface area contributed by atoms with E-state index in [0.717, 1.165) is 0 Å². The summed E-state index contributed by atoms with van der Waals surface area (Å²) in [6, 6.07) is 23.9. The smallest absolute Gasteiger partial charge is 0.343 e. The monoisotopic (exact) mass is 401 g/mol. The summed E-state index contributed by atoms with van der Waals surface area (Å²) in [5.41, 5.74) is 3.97. The molecule has 0 heterocycles. The number of ether oxygens (including phenoxy) is 1. The molecule has 0 radical (unpaired) electrons. The fourth-order valence-electron chi connectivity index (χ4n) is 2.43. The first-order chi connectivity index (χ1) is 14.6. The molecule has 2 amide bonds. The number of hydrogen-bond acceptors (Lipinski definition) is 5. The highest BCUT2D eigenvalue weighted by Crippen LogP contribution is 2.13. The number of rotatable bonds is 7. The second kappa shape index (κ2) is 10.3. The minimum absolute atomic E-state index is 0.195. The molecule has 0 saturated carbocycles. The third-order valence-electron chi connectivity index (χ3n) is 3.95. The second-order valence-corrected chi connectivity index (χ2v) is 6.17. The number of nitrogens with zero attached hydrogens (tertiary/aromatic N) is 1. The summed E-state index contributed by atoms with van der Waals surface area (Å²) < 4.78 is 5.30. The van der Waals surface area contributed by atoms with E-state index in [-0.39, 0.29) is 12.5 Å². The first kappa shape index (κ1) is 20.5. The molecule has 3 aromatic carbocycles. The van der Waals surface area contributed by atoms with Crippen LogP contribution in [0.25, 0.3) is 0 Å². The highest BCUT2D eigenvalue weighted by Gasteiger charge is 2.08. The van der Waals surface area contributed by atoms with Gasteiger partial charge in [-0.15, -0.1) is 0 Å². The summed E-state index contributed by atoms with van der Waals surface area (Å²) in [6.07, 6.45) is 1.44. The van der Waals surface area contributed by atoms with Crippen molar-refractivity contribution >= 4 is 24.0 Å². The Labute approximate surface area is 173 Å². The van der Waals surface area contributed by atoms with Gasteiger partial charge in [-0.3, -0.25) is 9.59 Å². The quantitative estimate of drug-likeness (QED) is 0.275. The van der Waals surface area contributed by atoms with Crippen molar-refractivity contribution in [3.8, 4) is 5.75 Å². The number of nitrogens with one attached hydrogen (secondary N) is 2. The summed E-state index contributed by atoms with van der Waals surface area (Å²) in [5.74, 6) is -0.838. The molecule has 0 aliphatic rings. The zero-order chi connectivity index (χ0) is 21.2. The van der Waals surface area contributed by atoms with Crippen molar-refractivity contribution < 1.29 is 19.1 Å². The van der Waals surface area contributed by atoms with Crippen LogP contribution in [0.2, 0.25) is 0 Å². The molecule has 3 aromatic rings. The molecule has 0 aliphatic heterocycles. The van der Waals surface area contributed by atoms with Gasteiger partial charge in [0.1, 0.15) is 5.75 Å². The van der Waals surface area contributed by atoms with Gasteiger partial charge in [0.05, 0.1) is 18.3 Å². The standard InChI is InChI=1S/C23H19N3O4/c27-21(16-24-22(28)18-7-3-1-4-8-18)26-25-15-17-11-13-20(14-12-17)30-23(29)19-9-5-2-6-10-19/h1-15H,16H2,(H,24,28)(H,26,27). The fraction of sp³-hybridized carbons (Fsp3) is 0.0435. The van der Waals surface area contributed by atoms with Crippen LogP contribution in [0, 0.1) is 0 Å². The number of hydrazone groups is 1. The van der Waals surface area contributed by atoms with Gasteiger partial charge in [-0.05, 0) is 54.1 Å². The molecule has 150 valence electrons. The van der Waals surface area contributed by atoms with Crippen molar-refractivity contribution in [1.29, 1.82) is 0 Å². The average molecular weight is 401 g/mol. The molecule has 0 spiro atoms. The summed E-state index contributed by atoms with van der Waals surface area (Å²) in [4.78, 5) is 35.7. The summed E-state index contributed by atoms with van der Waals surface area (Å²) in [5, 5.41) is 6.36. The SMILES string of the molecule is O=C(CNC(=O)c1ccccc1)NN=Cc1ccc(OC(=O)c2ccccc2)cc1. The topological polar surface area (TPSA) is 96.9 Å². The Morgan fingerprint density at radius 3 is 2.03 bits per heavy atom. The predicted molar refractivity (Wildman–Crippen MR) is 112 cm³/mol. The molecule has 0 atom stereocenters. The zero-order valence-electron chi connectivity index (χ0n) is 15.9. The molecule has 3 rings (SSSR count). The Kier molecular flexibility index (Phi) is 7.05. The van der Waals surface area contributed by atoms with E-state index in [9.17, 15) is 14.4 Å². The molecule has 0 bridgehead atoms. The van der Waals surface area contributed by atoms with Crippen LogP contribution in [0.5, 0.6) is 5.75 Å². The maximum absolute atomic E-state index is 12.0. The number of esters is 1. The van der Waals surface area contributed by atoms with Gasteiger partial charge >= 0.3 is 5.97 Å². The lowest BCUT2D eigenvalue weighted by molar-refractivity contribution is -0.120. The Hall–Kier alpha value is -4.26. The van der Waals surface area contributed by atoms with Gasteiger partial charge in [0, 0.05) is 5.56 Å². The van der Waals surface area contributed by atoms with Gasteiger partial charge in [-0.25, -0.2) is 10.2 Å². The van der Waals surface area contributed by atoms with Gasteiger partial charge in [0.25, 0.3) is 11.8 Å². The first-order valence-corrected chi connectivity index (χ1v) is 9.14. The van der Waals surface area contributed by atoms with Gasteiger partial charge in [0.15, 0.2) is 0 Å². The van der Waals surface area contributed by atoms with Crippen LogP contribution in [0.3, 0.4) is 0 Å². The van der Waals surface area contributed by atoms with Crippen molar-refractivity contribution in [2.45, 2.75) is 0 Å². The van der Waals surface area contributed by atoms with E-state index < -0.39 is 11.9 Å². The van der Waals surface area contributed by atoms with Crippen molar-refractivity contribution in [1.82, 2.24) is 10.7 Å². The molecule has 0 unspecified atom stereocenters. The molecule has 2 N–H and O–H groups in total. The maximum atomic E-state index is 12.0. The summed E-state index contributed by atoms with van der Waals surface area (Å²) in [7, 11) is 0. The second-order valence-electron chi connectivity index (χ2n) is 6.17. The van der Waals surface area contributed by atoms with E-state index in [2.05, 4.69) is 15.8 Å². The lowest BCUT2D eigenvalue weighted by Gasteiger charge is -2.05. The molecule has 7 nitrogen and oxygen atoms in total. The molecule has 7 heteroatoms. The minimum atomic E-state index is -0.455. The van der Waals surface area contributed by atoms with E-state index in [1.54, 1.807) is 78.9 Å². The highest BCUT2D eigenvalue weighted by molar-refractivity contribution is 5.96. The number of amides is 2. The average Bonchev–Trinajstić information content (AvgIpc) is 2.80. The van der Waals surface area contributed by atoms with Crippen molar-refractivity contribution in [2.75, 3.05) is 6.54 Å². The number of carbonyl (C=O) groups excluding carboxylic acids is 3. The van der Waals surface area contributed by atoms with Crippen molar-refractivity contribution in [2.24, 2.45) is 5.10 Å². The predicted octanol–water partition coefficient (Wildman–Crippen LogP) is 2.79. The van der Waals surface area contributed by atoms with E-state index in [0.29, 0.717) is 22.4 Å². The highest BCUT2D eigenvalue weighted by atomic mass is 16.5. The van der Waals surface area contributed by atoms with Crippen LogP contribution in [0.4, 0.5) is 0 Å². The lowest BCUT2D eigenvalue weighted by Crippen LogP contribution is -2.34. The van der Waals surface area contributed by atoms with Crippen molar-refractivity contribution in [3.63, 3.8) is 0 Å². The molecular formula is C23H19N3O4. The maximum Gasteiger partial charge on any atom is 0.343 e. The van der Waals surface area contributed by atoms with Gasteiger partial charge in [-0.1, -0.05) is 36.4 Å². The van der Waals surface area contributed by atoms with Crippen LogP contribution in [0.15, 0.2) is 90.0 Å². The van der Waals surface area contributed by atoms with E-state index in [1.165, 1.54) is 6.21 Å². The number of hydrogen-bond donors (Lipinski definition) is 2. The van der Waals surface area contributed by atoms with Crippen LogP contribution in [-0.4, -0.2) is 30.5 Å². The number of benzene rings is 3. The van der Waals surface area contributed by atoms with E-state index in [1.807, 2.05) is 6.07 Å². The summed E-state index contributed by atoms with van der Waals surface area (Å²) >= 11 is 0. The summed E-state index contributed by atoms with van der Waals surface area (Å²) in [6.45, 7) is -0.195. The van der Waals surface area contributed by atoms with Crippen LogP contribution in [0.1, 0.15) is 26.3 Å². The fourth-order valence-corrected chi connectivity index (χ4v) is 2.43. The molecule has 0 aliphatic carbocycles. The first-order valence-electron chi connectivity index (χ1n) is 9.14. The largest absolute Gasteiger partial charge is 0.423 e. The minimum Gasteiger partial charge on any atom is -0.423 e. The van der Waals surface area contributed by atoms with Gasteiger partial charge in [-0.2, -0.15) is 5.10 Å². The molecule has 0 saturated heterocycles. The van der Waals surface area contributed by atoms with E-state index >= 15 is 0 Å². The van der Waals surface area contributed by atoms with Crippen LogP contribution >= 0.6 is 0 Å². The van der Waals surface area contributed by atoms with Crippen LogP contribution in [-0.2, 0) is 4.79 Å². The zero-order valence-corrected chi connectivity index (χ0v) is 15.9.